The van der Waals surface area contributed by atoms with Gasteiger partial charge in [0.25, 0.3) is 0 Å². The van der Waals surface area contributed by atoms with E-state index >= 15 is 0 Å². The first-order valence-corrected chi connectivity index (χ1v) is 12.6. The summed E-state index contributed by atoms with van der Waals surface area (Å²) in [5.41, 5.74) is -1.57. The van der Waals surface area contributed by atoms with Gasteiger partial charge >= 0.3 is 12.5 Å². The van der Waals surface area contributed by atoms with E-state index in [9.17, 15) is 27.6 Å². The molecule has 2 aliphatic rings. The molecule has 12 heteroatoms. The molecule has 38 heavy (non-hydrogen) atoms. The van der Waals surface area contributed by atoms with Gasteiger partial charge in [0.1, 0.15) is 16.9 Å². The number of carbonyl (C=O) groups is 3. The molecule has 2 fully saturated rings. The number of halogens is 3. The number of ether oxygens (including phenoxy) is 2. The van der Waals surface area contributed by atoms with Crippen molar-refractivity contribution in [2.24, 2.45) is 5.92 Å². The number of nitrogens with zero attached hydrogens (tertiary/aromatic N) is 1. The zero-order valence-electron chi connectivity index (χ0n) is 21.7. The first-order chi connectivity index (χ1) is 17.7. The number of carbonyl (C=O) groups excluding carboxylic acids is 3. The number of amides is 3. The van der Waals surface area contributed by atoms with Crippen LogP contribution in [0.3, 0.4) is 0 Å². The third-order valence-corrected chi connectivity index (χ3v) is 6.69. The van der Waals surface area contributed by atoms with Gasteiger partial charge in [-0.25, -0.2) is 4.79 Å². The molecule has 1 aromatic rings. The van der Waals surface area contributed by atoms with Crippen molar-refractivity contribution in [2.75, 3.05) is 0 Å². The predicted molar refractivity (Wildman–Crippen MR) is 130 cm³/mol. The minimum absolute atomic E-state index is 0.00433. The number of nitrogens with one attached hydrogen (secondary N) is 3. The molecule has 0 unspecified atom stereocenters. The number of hydrogen-bond donors (Lipinski definition) is 3. The third kappa shape index (κ3) is 8.00. The van der Waals surface area contributed by atoms with Crippen LogP contribution in [0.1, 0.15) is 76.8 Å². The molecule has 0 atom stereocenters. The molecule has 2 aliphatic carbocycles. The average molecular weight is 539 g/mol. The summed E-state index contributed by atoms with van der Waals surface area (Å²) in [6.45, 7) is 5.04. The smallest absolute Gasteiger partial charge is 0.444 e. The topological polar surface area (TPSA) is 130 Å². The number of alkyl carbamates (subject to hydrolysis) is 1. The summed E-state index contributed by atoms with van der Waals surface area (Å²) in [6, 6.07) is 5.25. The second-order valence-electron chi connectivity index (χ2n) is 10.8. The molecule has 0 spiro atoms. The summed E-state index contributed by atoms with van der Waals surface area (Å²) in [4.78, 5) is 37.9. The zero-order valence-corrected chi connectivity index (χ0v) is 21.7. The molecular weight excluding hydrogens is 505 g/mol. The van der Waals surface area contributed by atoms with Crippen molar-refractivity contribution < 1.29 is 37.0 Å². The van der Waals surface area contributed by atoms with Gasteiger partial charge in [0, 0.05) is 24.1 Å². The first-order valence-electron chi connectivity index (χ1n) is 12.6. The fraction of sp³-hybridized carbons (Fsp3) is 0.615. The second-order valence-corrected chi connectivity index (χ2v) is 10.8. The van der Waals surface area contributed by atoms with Gasteiger partial charge in [0.15, 0.2) is 0 Å². The average Bonchev–Trinajstić information content (AvgIpc) is 2.78. The number of benzene rings is 1. The van der Waals surface area contributed by atoms with Gasteiger partial charge in [-0.3, -0.25) is 9.59 Å². The number of hydrogen-bond acceptors (Lipinski definition) is 6. The summed E-state index contributed by atoms with van der Waals surface area (Å²) in [5, 5.41) is 17.3. The molecule has 0 aliphatic heterocycles. The Morgan fingerprint density at radius 1 is 1.11 bits per heavy atom. The molecule has 0 heterocycles. The van der Waals surface area contributed by atoms with Gasteiger partial charge in [0.2, 0.25) is 11.8 Å². The monoisotopic (exact) mass is 538 g/mol. The maximum atomic E-state index is 13.0. The lowest BCUT2D eigenvalue weighted by Crippen LogP contribution is -2.64. The van der Waals surface area contributed by atoms with E-state index in [4.69, 9.17) is 10.00 Å². The Morgan fingerprint density at radius 3 is 2.29 bits per heavy atom. The van der Waals surface area contributed by atoms with Crippen LogP contribution in [0.25, 0.3) is 0 Å². The van der Waals surface area contributed by atoms with Crippen molar-refractivity contribution >= 4 is 17.9 Å². The Hall–Kier alpha value is -3.49. The Bertz CT molecular complexity index is 1080. The van der Waals surface area contributed by atoms with Crippen molar-refractivity contribution in [3.8, 4) is 11.8 Å². The molecular formula is C26H33F3N4O5. The van der Waals surface area contributed by atoms with E-state index in [-0.39, 0.29) is 41.4 Å². The quantitative estimate of drug-likeness (QED) is 0.477. The Kier molecular flexibility index (Phi) is 8.79. The van der Waals surface area contributed by atoms with E-state index in [0.29, 0.717) is 38.5 Å². The highest BCUT2D eigenvalue weighted by Crippen LogP contribution is 2.34. The second kappa shape index (κ2) is 11.5. The molecule has 2 saturated carbocycles. The number of rotatable bonds is 7. The van der Waals surface area contributed by atoms with E-state index in [1.807, 2.05) is 0 Å². The van der Waals surface area contributed by atoms with Crippen LogP contribution in [0.4, 0.5) is 18.0 Å². The Morgan fingerprint density at radius 2 is 1.76 bits per heavy atom. The fourth-order valence-corrected chi connectivity index (χ4v) is 4.58. The van der Waals surface area contributed by atoms with Gasteiger partial charge in [-0.05, 0) is 77.8 Å². The molecule has 3 amide bonds. The van der Waals surface area contributed by atoms with Crippen molar-refractivity contribution in [2.45, 2.75) is 95.8 Å². The normalized spacial score (nSPS) is 20.8. The Balaban J connectivity index is 1.49. The maximum absolute atomic E-state index is 13.0. The van der Waals surface area contributed by atoms with E-state index in [1.165, 1.54) is 12.1 Å². The van der Waals surface area contributed by atoms with Gasteiger partial charge in [-0.2, -0.15) is 5.26 Å². The van der Waals surface area contributed by atoms with Crippen molar-refractivity contribution in [3.05, 3.63) is 29.3 Å². The lowest BCUT2D eigenvalue weighted by atomic mass is 9.75. The minimum Gasteiger partial charge on any atom is -0.444 e. The van der Waals surface area contributed by atoms with Gasteiger partial charge in [-0.1, -0.05) is 6.07 Å². The highest BCUT2D eigenvalue weighted by Gasteiger charge is 2.47. The molecule has 0 saturated heterocycles. The lowest BCUT2D eigenvalue weighted by molar-refractivity contribution is -0.274. The summed E-state index contributed by atoms with van der Waals surface area (Å²) >= 11 is 0. The molecule has 9 nitrogen and oxygen atoms in total. The number of alkyl halides is 3. The van der Waals surface area contributed by atoms with Crippen molar-refractivity contribution in [1.29, 1.82) is 5.26 Å². The SMILES string of the molecule is CC(C)(C)OC(=O)NC1(C(=O)NC2CCC(C(=O)NCc3ccc(C#N)cc3OC(F)(F)F)CC2)CCC1. The van der Waals surface area contributed by atoms with Crippen LogP contribution in [0.15, 0.2) is 18.2 Å². The van der Waals surface area contributed by atoms with Crippen LogP contribution in [-0.2, 0) is 20.9 Å². The molecule has 3 N–H and O–H groups in total. The van der Waals surface area contributed by atoms with Gasteiger partial charge in [0.05, 0.1) is 11.6 Å². The van der Waals surface area contributed by atoms with Crippen LogP contribution in [0.5, 0.6) is 5.75 Å². The van der Waals surface area contributed by atoms with Crippen LogP contribution < -0.4 is 20.7 Å². The first kappa shape index (κ1) is 29.1. The van der Waals surface area contributed by atoms with Crippen LogP contribution in [0, 0.1) is 17.2 Å². The van der Waals surface area contributed by atoms with Crippen LogP contribution in [-0.4, -0.2) is 41.5 Å². The summed E-state index contributed by atoms with van der Waals surface area (Å²) < 4.78 is 47.6. The number of nitriles is 1. The third-order valence-electron chi connectivity index (χ3n) is 6.69. The lowest BCUT2D eigenvalue weighted by Gasteiger charge is -2.42. The molecule has 0 aromatic heterocycles. The minimum atomic E-state index is -4.93. The van der Waals surface area contributed by atoms with Crippen LogP contribution in [0.2, 0.25) is 0 Å². The summed E-state index contributed by atoms with van der Waals surface area (Å²) in [6.07, 6.45) is -1.65. The predicted octanol–water partition coefficient (Wildman–Crippen LogP) is 4.20. The zero-order chi connectivity index (χ0) is 28.1. The van der Waals surface area contributed by atoms with Crippen molar-refractivity contribution in [1.82, 2.24) is 16.0 Å². The summed E-state index contributed by atoms with van der Waals surface area (Å²) in [7, 11) is 0. The molecule has 0 radical (unpaired) electrons. The molecule has 208 valence electrons. The van der Waals surface area contributed by atoms with Crippen LogP contribution >= 0.6 is 0 Å². The Labute approximate surface area is 219 Å². The van der Waals surface area contributed by atoms with E-state index in [0.717, 1.165) is 12.5 Å². The van der Waals surface area contributed by atoms with E-state index in [1.54, 1.807) is 26.8 Å². The largest absolute Gasteiger partial charge is 0.573 e. The molecule has 0 bridgehead atoms. The maximum Gasteiger partial charge on any atom is 0.573 e. The van der Waals surface area contributed by atoms with Crippen molar-refractivity contribution in [3.63, 3.8) is 0 Å². The van der Waals surface area contributed by atoms with E-state index < -0.39 is 29.3 Å². The van der Waals surface area contributed by atoms with E-state index in [2.05, 4.69) is 20.7 Å². The van der Waals surface area contributed by atoms with Gasteiger partial charge < -0.3 is 25.4 Å². The fourth-order valence-electron chi connectivity index (χ4n) is 4.58. The summed E-state index contributed by atoms with van der Waals surface area (Å²) in [5.74, 6) is -1.46. The molecule has 1 aromatic carbocycles. The highest BCUT2D eigenvalue weighted by atomic mass is 19.4. The standard InChI is InChI=1S/C26H33F3N4O5/c1-24(2,3)38-23(36)33-25(11-4-12-25)22(35)32-19-9-7-17(8-10-19)21(34)31-15-18-6-5-16(14-30)13-20(18)37-26(27,28)29/h5-6,13,17,19H,4,7-12,15H2,1-3H3,(H,31,34)(H,32,35)(H,33,36). The van der Waals surface area contributed by atoms with Gasteiger partial charge in [-0.15, -0.1) is 13.2 Å². The molecule has 3 rings (SSSR count). The highest BCUT2D eigenvalue weighted by molar-refractivity contribution is 5.91.